The van der Waals surface area contributed by atoms with E-state index in [2.05, 4.69) is 54.6 Å². The van der Waals surface area contributed by atoms with Crippen molar-refractivity contribution in [3.8, 4) is 0 Å². The summed E-state index contributed by atoms with van der Waals surface area (Å²) >= 11 is 0. The van der Waals surface area contributed by atoms with Gasteiger partial charge < -0.3 is 14.8 Å². The number of likely N-dealkylation sites (N-methyl/N-ethyl adjacent to an activating group) is 1. The number of hydrogen-bond acceptors (Lipinski definition) is 3. The third-order valence-corrected chi connectivity index (χ3v) is 3.04. The van der Waals surface area contributed by atoms with Crippen LogP contribution in [0, 0.1) is 0 Å². The molecule has 0 aliphatic carbocycles. The van der Waals surface area contributed by atoms with Crippen molar-refractivity contribution in [2.45, 2.75) is 32.4 Å². The molecule has 0 saturated heterocycles. The Hall–Kier alpha value is -0.870. The zero-order chi connectivity index (χ0) is 12.3. The standard InChI is InChI=1S/C12H24N4/c1-10(8-15(5)6)16-9-14-7-11(16)12(2,3)13-4/h7,9-10,13H,8H2,1-6H3. The van der Waals surface area contributed by atoms with E-state index in [0.717, 1.165) is 6.54 Å². The molecule has 1 heterocycles. The van der Waals surface area contributed by atoms with Crippen LogP contribution in [0.3, 0.4) is 0 Å². The zero-order valence-corrected chi connectivity index (χ0v) is 11.3. The highest BCUT2D eigenvalue weighted by molar-refractivity contribution is 5.12. The molecule has 0 fully saturated rings. The van der Waals surface area contributed by atoms with E-state index in [4.69, 9.17) is 0 Å². The van der Waals surface area contributed by atoms with E-state index in [0.29, 0.717) is 6.04 Å². The third-order valence-electron chi connectivity index (χ3n) is 3.04. The molecule has 0 amide bonds. The third kappa shape index (κ3) is 2.83. The molecule has 0 aliphatic heterocycles. The molecule has 0 saturated carbocycles. The van der Waals surface area contributed by atoms with Crippen molar-refractivity contribution >= 4 is 0 Å². The smallest absolute Gasteiger partial charge is 0.0951 e. The first-order chi connectivity index (χ1) is 7.38. The summed E-state index contributed by atoms with van der Waals surface area (Å²) in [7, 11) is 6.17. The van der Waals surface area contributed by atoms with Gasteiger partial charge in [0, 0.05) is 12.6 Å². The highest BCUT2D eigenvalue weighted by Gasteiger charge is 2.24. The minimum atomic E-state index is -0.0446. The van der Waals surface area contributed by atoms with Gasteiger partial charge in [-0.1, -0.05) is 0 Å². The second kappa shape index (κ2) is 4.97. The summed E-state index contributed by atoms with van der Waals surface area (Å²) in [6.07, 6.45) is 3.87. The maximum Gasteiger partial charge on any atom is 0.0951 e. The van der Waals surface area contributed by atoms with Crippen molar-refractivity contribution < 1.29 is 0 Å². The van der Waals surface area contributed by atoms with E-state index in [1.54, 1.807) is 0 Å². The fourth-order valence-corrected chi connectivity index (χ4v) is 1.88. The van der Waals surface area contributed by atoms with Crippen LogP contribution >= 0.6 is 0 Å². The lowest BCUT2D eigenvalue weighted by Crippen LogP contribution is -2.36. The molecule has 1 N–H and O–H groups in total. The lowest BCUT2D eigenvalue weighted by atomic mass is 10.0. The predicted molar refractivity (Wildman–Crippen MR) is 67.6 cm³/mol. The summed E-state index contributed by atoms with van der Waals surface area (Å²) in [5.41, 5.74) is 1.18. The largest absolute Gasteiger partial charge is 0.329 e. The number of aromatic nitrogens is 2. The first kappa shape index (κ1) is 13.2. The minimum absolute atomic E-state index is 0.0446. The van der Waals surface area contributed by atoms with E-state index in [1.165, 1.54) is 5.69 Å². The Balaban J connectivity index is 2.94. The van der Waals surface area contributed by atoms with Gasteiger partial charge in [-0.05, 0) is 41.9 Å². The quantitative estimate of drug-likeness (QED) is 0.822. The van der Waals surface area contributed by atoms with Crippen LogP contribution in [-0.2, 0) is 5.54 Å². The lowest BCUT2D eigenvalue weighted by Gasteiger charge is -2.29. The van der Waals surface area contributed by atoms with Crippen molar-refractivity contribution in [1.82, 2.24) is 19.8 Å². The van der Waals surface area contributed by atoms with Crippen LogP contribution in [0.25, 0.3) is 0 Å². The maximum atomic E-state index is 4.27. The molecule has 4 heteroatoms. The summed E-state index contributed by atoms with van der Waals surface area (Å²) in [6.45, 7) is 7.58. The molecular weight excluding hydrogens is 200 g/mol. The molecule has 16 heavy (non-hydrogen) atoms. The van der Waals surface area contributed by atoms with Gasteiger partial charge in [0.1, 0.15) is 0 Å². The molecule has 1 atom stereocenters. The number of rotatable bonds is 5. The second-order valence-electron chi connectivity index (χ2n) is 5.17. The van der Waals surface area contributed by atoms with Gasteiger partial charge in [-0.3, -0.25) is 0 Å². The summed E-state index contributed by atoms with van der Waals surface area (Å²) < 4.78 is 2.25. The molecular formula is C12H24N4. The molecule has 0 aliphatic rings. The number of nitrogens with zero attached hydrogens (tertiary/aromatic N) is 3. The Kier molecular flexibility index (Phi) is 4.10. The van der Waals surface area contributed by atoms with Crippen LogP contribution in [0.2, 0.25) is 0 Å². The maximum absolute atomic E-state index is 4.27. The number of nitrogens with one attached hydrogen (secondary N) is 1. The highest BCUT2D eigenvalue weighted by atomic mass is 15.2. The van der Waals surface area contributed by atoms with Gasteiger partial charge in [-0.15, -0.1) is 0 Å². The Labute approximate surface area is 98.7 Å². The van der Waals surface area contributed by atoms with Gasteiger partial charge in [0.05, 0.1) is 23.8 Å². The molecule has 1 aromatic heterocycles. The Bertz CT molecular complexity index is 328. The van der Waals surface area contributed by atoms with Crippen LogP contribution in [0.4, 0.5) is 0 Å². The van der Waals surface area contributed by atoms with Gasteiger partial charge in [0.15, 0.2) is 0 Å². The molecule has 0 aromatic carbocycles. The zero-order valence-electron chi connectivity index (χ0n) is 11.3. The van der Waals surface area contributed by atoms with Crippen molar-refractivity contribution in [2.75, 3.05) is 27.7 Å². The van der Waals surface area contributed by atoms with Crippen molar-refractivity contribution in [1.29, 1.82) is 0 Å². The van der Waals surface area contributed by atoms with Crippen molar-refractivity contribution in [3.63, 3.8) is 0 Å². The fourth-order valence-electron chi connectivity index (χ4n) is 1.88. The number of hydrogen-bond donors (Lipinski definition) is 1. The topological polar surface area (TPSA) is 33.1 Å². The molecule has 1 unspecified atom stereocenters. The van der Waals surface area contributed by atoms with E-state index >= 15 is 0 Å². The van der Waals surface area contributed by atoms with E-state index in [1.807, 2.05) is 19.6 Å². The molecule has 0 radical (unpaired) electrons. The SMILES string of the molecule is CNC(C)(C)c1cncn1C(C)CN(C)C. The predicted octanol–water partition coefficient (Wildman–Crippen LogP) is 1.46. The van der Waals surface area contributed by atoms with Crippen LogP contribution in [0.15, 0.2) is 12.5 Å². The molecule has 1 rings (SSSR count). The first-order valence-corrected chi connectivity index (χ1v) is 5.74. The summed E-state index contributed by atoms with van der Waals surface area (Å²) in [4.78, 5) is 6.46. The lowest BCUT2D eigenvalue weighted by molar-refractivity contribution is 0.315. The Morgan fingerprint density at radius 1 is 1.50 bits per heavy atom. The second-order valence-corrected chi connectivity index (χ2v) is 5.17. The van der Waals surface area contributed by atoms with Gasteiger partial charge in [-0.2, -0.15) is 0 Å². The number of imidazole rings is 1. The van der Waals surface area contributed by atoms with Gasteiger partial charge >= 0.3 is 0 Å². The van der Waals surface area contributed by atoms with Gasteiger partial charge in [0.2, 0.25) is 0 Å². The van der Waals surface area contributed by atoms with Crippen molar-refractivity contribution in [3.05, 3.63) is 18.2 Å². The first-order valence-electron chi connectivity index (χ1n) is 5.74. The van der Waals surface area contributed by atoms with Crippen LogP contribution in [0.5, 0.6) is 0 Å². The fraction of sp³-hybridized carbons (Fsp3) is 0.750. The van der Waals surface area contributed by atoms with Crippen LogP contribution in [-0.4, -0.2) is 42.1 Å². The summed E-state index contributed by atoms with van der Waals surface area (Å²) in [5.74, 6) is 0. The monoisotopic (exact) mass is 224 g/mol. The van der Waals surface area contributed by atoms with Gasteiger partial charge in [-0.25, -0.2) is 4.98 Å². The Morgan fingerprint density at radius 3 is 2.62 bits per heavy atom. The van der Waals surface area contributed by atoms with Crippen LogP contribution in [0.1, 0.15) is 32.5 Å². The highest BCUT2D eigenvalue weighted by Crippen LogP contribution is 2.22. The van der Waals surface area contributed by atoms with Crippen LogP contribution < -0.4 is 5.32 Å². The van der Waals surface area contributed by atoms with E-state index in [9.17, 15) is 0 Å². The van der Waals surface area contributed by atoms with E-state index in [-0.39, 0.29) is 5.54 Å². The summed E-state index contributed by atoms with van der Waals surface area (Å²) in [6, 6.07) is 0.431. The Morgan fingerprint density at radius 2 is 2.12 bits per heavy atom. The average Bonchev–Trinajstić information content (AvgIpc) is 2.65. The minimum Gasteiger partial charge on any atom is -0.329 e. The summed E-state index contributed by atoms with van der Waals surface area (Å²) in [5, 5.41) is 3.32. The molecule has 0 bridgehead atoms. The van der Waals surface area contributed by atoms with Crippen molar-refractivity contribution in [2.24, 2.45) is 0 Å². The molecule has 92 valence electrons. The molecule has 1 aromatic rings. The van der Waals surface area contributed by atoms with E-state index < -0.39 is 0 Å². The average molecular weight is 224 g/mol. The van der Waals surface area contributed by atoms with Gasteiger partial charge in [0.25, 0.3) is 0 Å². The molecule has 0 spiro atoms. The normalized spacial score (nSPS) is 14.4. The molecule has 4 nitrogen and oxygen atoms in total.